The minimum absolute atomic E-state index is 0.00732. The average Bonchev–Trinajstić information content (AvgIpc) is 2.65. The summed E-state index contributed by atoms with van der Waals surface area (Å²) in [6.45, 7) is 10.0. The predicted molar refractivity (Wildman–Crippen MR) is 119 cm³/mol. The smallest absolute Gasteiger partial charge is 0.168 e. The van der Waals surface area contributed by atoms with Gasteiger partial charge < -0.3 is 5.11 Å². The monoisotopic (exact) mass is 422 g/mol. The number of fused-ring (bicyclic) bond motifs is 1. The molecule has 0 fully saturated rings. The maximum absolute atomic E-state index is 15.3. The van der Waals surface area contributed by atoms with Crippen LogP contribution in [-0.4, -0.2) is 10.1 Å². The molecule has 2 nitrogen and oxygen atoms in total. The summed E-state index contributed by atoms with van der Waals surface area (Å²) < 4.78 is 59.0. The number of aromatic nitrogens is 1. The van der Waals surface area contributed by atoms with Crippen LogP contribution in [0.2, 0.25) is 5.15 Å². The fourth-order valence-corrected chi connectivity index (χ4v) is 4.48. The van der Waals surface area contributed by atoms with Gasteiger partial charge in [-0.25, -0.2) is 9.37 Å². The number of pyridine rings is 1. The zero-order valence-corrected chi connectivity index (χ0v) is 19.0. The summed E-state index contributed by atoms with van der Waals surface area (Å²) >= 11 is 5.95. The van der Waals surface area contributed by atoms with Crippen LogP contribution in [0.25, 0.3) is 11.1 Å². The Morgan fingerprint density at radius 2 is 1.79 bits per heavy atom. The molecule has 4 heteroatoms. The Bertz CT molecular complexity index is 1150. The summed E-state index contributed by atoms with van der Waals surface area (Å²) in [5.74, 6) is -1.30. The lowest BCUT2D eigenvalue weighted by Gasteiger charge is -2.45. The van der Waals surface area contributed by atoms with Crippen LogP contribution < -0.4 is 0 Å². The minimum Gasteiger partial charge on any atom is -0.507 e. The molecule has 0 saturated heterocycles. The van der Waals surface area contributed by atoms with Gasteiger partial charge in [-0.2, -0.15) is 0 Å². The van der Waals surface area contributed by atoms with Crippen LogP contribution in [0.3, 0.4) is 0 Å². The molecule has 2 aromatic rings. The van der Waals surface area contributed by atoms with Crippen molar-refractivity contribution in [3.8, 4) is 16.9 Å². The van der Waals surface area contributed by atoms with E-state index >= 15 is 4.39 Å². The maximum Gasteiger partial charge on any atom is 0.168 e. The second-order valence-electron chi connectivity index (χ2n) is 10.3. The van der Waals surface area contributed by atoms with Crippen LogP contribution in [0.4, 0.5) is 4.39 Å². The van der Waals surface area contributed by atoms with Gasteiger partial charge in [-0.1, -0.05) is 60.1 Å². The molecule has 1 aromatic carbocycles. The number of halogens is 2. The molecule has 3 rings (SSSR count). The highest BCUT2D eigenvalue weighted by Gasteiger charge is 2.43. The summed E-state index contributed by atoms with van der Waals surface area (Å²) in [4.78, 5) is 3.73. The molecule has 1 aliphatic rings. The average molecular weight is 423 g/mol. The van der Waals surface area contributed by atoms with Crippen molar-refractivity contribution in [3.63, 3.8) is 0 Å². The highest BCUT2D eigenvalue weighted by atomic mass is 35.5. The van der Waals surface area contributed by atoms with E-state index in [0.29, 0.717) is 24.0 Å². The highest BCUT2D eigenvalue weighted by Crippen LogP contribution is 2.55. The van der Waals surface area contributed by atoms with Crippen LogP contribution in [-0.2, 0) is 17.2 Å². The number of aromatic hydroxyl groups is 1. The topological polar surface area (TPSA) is 33.1 Å². The van der Waals surface area contributed by atoms with Gasteiger partial charge >= 0.3 is 0 Å². The van der Waals surface area contributed by atoms with Crippen molar-refractivity contribution in [2.24, 2.45) is 5.41 Å². The van der Waals surface area contributed by atoms with Crippen LogP contribution >= 0.6 is 11.6 Å². The molecule has 0 aliphatic heterocycles. The van der Waals surface area contributed by atoms with Gasteiger partial charge in [0.25, 0.3) is 0 Å². The van der Waals surface area contributed by atoms with E-state index in [0.717, 1.165) is 0 Å². The normalized spacial score (nSPS) is 21.3. The fraction of sp³-hybridized carbons (Fsp3) is 0.560. The van der Waals surface area contributed by atoms with E-state index in [1.54, 1.807) is 20.8 Å². The Balaban J connectivity index is 2.77. The summed E-state index contributed by atoms with van der Waals surface area (Å²) in [6, 6.07) is 1.27. The van der Waals surface area contributed by atoms with Gasteiger partial charge in [-0.15, -0.1) is 0 Å². The third kappa shape index (κ3) is 3.79. The SMILES string of the molecule is [2H]C([2H])([2H])c1c(-c2ccnc(Cl)c2F)c(O)c2c(c1C([2H])([2H])C(C)(C)C)C(C)(C)CCC2(C)C. The number of benzene rings is 1. The number of hydrogen-bond acceptors (Lipinski definition) is 2. The van der Waals surface area contributed by atoms with Gasteiger partial charge in [-0.3, -0.25) is 0 Å². The molecule has 0 saturated carbocycles. The Labute approximate surface area is 186 Å². The molecule has 1 heterocycles. The lowest BCUT2D eigenvalue weighted by molar-refractivity contribution is 0.311. The quantitative estimate of drug-likeness (QED) is 0.508. The Morgan fingerprint density at radius 3 is 2.34 bits per heavy atom. The first-order valence-electron chi connectivity index (χ1n) is 12.4. The van der Waals surface area contributed by atoms with E-state index in [1.807, 2.05) is 27.7 Å². The van der Waals surface area contributed by atoms with Crippen molar-refractivity contribution in [2.45, 2.75) is 85.4 Å². The predicted octanol–water partition coefficient (Wildman–Crippen LogP) is 7.49. The molecular weight excluding hydrogens is 385 g/mol. The lowest BCUT2D eigenvalue weighted by Crippen LogP contribution is -2.36. The van der Waals surface area contributed by atoms with Crippen LogP contribution in [0.15, 0.2) is 12.3 Å². The van der Waals surface area contributed by atoms with Gasteiger partial charge in [0.05, 0.1) is 0 Å². The molecule has 0 bridgehead atoms. The molecule has 1 aromatic heterocycles. The number of nitrogens with zero attached hydrogens (tertiary/aromatic N) is 1. The summed E-state index contributed by atoms with van der Waals surface area (Å²) in [6.07, 6.45) is 0.483. The van der Waals surface area contributed by atoms with Gasteiger partial charge in [0.15, 0.2) is 11.0 Å². The third-order valence-corrected chi connectivity index (χ3v) is 6.08. The standard InChI is InChI=1S/C25H33ClFNO/c1-14-16(13-23(2,3)4)18-19(25(7,8)11-10-24(18,5)6)21(29)17(14)15-9-12-28-22(26)20(15)27/h9,12,29H,10-11,13H2,1-8H3/i1D3,13D2. The third-order valence-electron chi connectivity index (χ3n) is 5.82. The molecule has 158 valence electrons. The van der Waals surface area contributed by atoms with Crippen molar-refractivity contribution in [2.75, 3.05) is 0 Å². The fourth-order valence-electron chi connectivity index (χ4n) is 4.32. The number of rotatable bonds is 2. The highest BCUT2D eigenvalue weighted by molar-refractivity contribution is 6.29. The van der Waals surface area contributed by atoms with E-state index in [1.165, 1.54) is 12.3 Å². The minimum atomic E-state index is -2.85. The van der Waals surface area contributed by atoms with Crippen LogP contribution in [0, 0.1) is 18.1 Å². The van der Waals surface area contributed by atoms with Crippen molar-refractivity contribution in [3.05, 3.63) is 45.5 Å². The Morgan fingerprint density at radius 1 is 1.21 bits per heavy atom. The molecule has 0 spiro atoms. The lowest BCUT2D eigenvalue weighted by atomic mass is 9.59. The second kappa shape index (κ2) is 6.97. The Kier molecular flexibility index (Phi) is 3.88. The summed E-state index contributed by atoms with van der Waals surface area (Å²) in [5.41, 5.74) is -2.09. The largest absolute Gasteiger partial charge is 0.507 e. The second-order valence-corrected chi connectivity index (χ2v) is 10.7. The van der Waals surface area contributed by atoms with E-state index in [2.05, 4.69) is 4.98 Å². The first-order chi connectivity index (χ1) is 15.2. The van der Waals surface area contributed by atoms with Crippen molar-refractivity contribution < 1.29 is 16.4 Å². The molecule has 0 atom stereocenters. The van der Waals surface area contributed by atoms with E-state index in [-0.39, 0.29) is 28.0 Å². The molecular formula is C25H33ClFNO. The van der Waals surface area contributed by atoms with Gasteiger partial charge in [-0.05, 0) is 65.1 Å². The van der Waals surface area contributed by atoms with E-state index < -0.39 is 40.4 Å². The number of phenolic OH excluding ortho intramolecular Hbond substituents is 1. The zero-order valence-electron chi connectivity index (χ0n) is 23.2. The van der Waals surface area contributed by atoms with Crippen molar-refractivity contribution in [1.29, 1.82) is 0 Å². The maximum atomic E-state index is 15.3. The molecule has 1 aliphatic carbocycles. The molecule has 0 radical (unpaired) electrons. The van der Waals surface area contributed by atoms with Gasteiger partial charge in [0, 0.05) is 29.7 Å². The summed E-state index contributed by atoms with van der Waals surface area (Å²) in [5, 5.41) is 11.3. The molecule has 29 heavy (non-hydrogen) atoms. The molecule has 0 amide bonds. The van der Waals surface area contributed by atoms with E-state index in [4.69, 9.17) is 15.7 Å². The van der Waals surface area contributed by atoms with E-state index in [9.17, 15) is 7.85 Å². The van der Waals surface area contributed by atoms with Gasteiger partial charge in [0.2, 0.25) is 0 Å². The number of hydrogen-bond donors (Lipinski definition) is 1. The van der Waals surface area contributed by atoms with Crippen molar-refractivity contribution >= 4 is 11.6 Å². The molecule has 1 N–H and O–H groups in total. The molecule has 0 unspecified atom stereocenters. The Hall–Kier alpha value is -1.61. The summed E-state index contributed by atoms with van der Waals surface area (Å²) in [7, 11) is 0. The van der Waals surface area contributed by atoms with Crippen LogP contribution in [0.1, 0.15) is 90.4 Å². The van der Waals surface area contributed by atoms with Gasteiger partial charge in [0.1, 0.15) is 5.75 Å². The first-order valence-corrected chi connectivity index (χ1v) is 10.3. The van der Waals surface area contributed by atoms with Crippen molar-refractivity contribution in [1.82, 2.24) is 4.98 Å². The number of phenols is 1. The zero-order chi connectivity index (χ0) is 26.2. The first kappa shape index (κ1) is 16.1. The van der Waals surface area contributed by atoms with Crippen LogP contribution in [0.5, 0.6) is 5.75 Å².